The molecule has 160 valence electrons. The molecule has 0 aromatic heterocycles. The first-order chi connectivity index (χ1) is 14.7. The number of hydrogen-bond donors (Lipinski definition) is 2. The molecule has 5 heteroatoms. The Kier molecular flexibility index (Phi) is 9.65. The van der Waals surface area contributed by atoms with Crippen molar-refractivity contribution in [3.8, 4) is 0 Å². The van der Waals surface area contributed by atoms with Crippen LogP contribution in [0, 0.1) is 50.0 Å². The molecule has 4 rings (SSSR count). The maximum Gasteiger partial charge on any atom is 2.00 e. The topological polar surface area (TPSA) is 66.8 Å². The number of allylic oxidation sites excluding steroid dienone is 5. The number of carbonyl (C=O) groups is 1. The van der Waals surface area contributed by atoms with Crippen molar-refractivity contribution in [3.05, 3.63) is 114 Å². The molecule has 0 radical (unpaired) electrons. The summed E-state index contributed by atoms with van der Waals surface area (Å²) in [5, 5.41) is 9.83. The van der Waals surface area contributed by atoms with Crippen molar-refractivity contribution in [1.82, 2.24) is 0 Å². The summed E-state index contributed by atoms with van der Waals surface area (Å²) in [4.78, 5) is 11.7. The number of quaternary nitrogens is 1. The zero-order chi connectivity index (χ0) is 20.9. The second-order valence-corrected chi connectivity index (χ2v) is 7.20. The second kappa shape index (κ2) is 12.0. The number of ether oxygens (including phenoxy) is 1. The standard InChI is InChI=1S/C26H23N2O2.CH3.U/c1-2-30-26(29)24(27)16-21-14-12-20(17-28-21)25-22-11-7-6-10-19(22)13-15-23(25)18-8-4-3-5-9-18;;/h3-5,7-12,14,16-17,27-28H,2,13,15H2,1H3;1H3;/q2*-1;+2/p+1/b21-16-,27-24?;;. The number of fused-ring (bicyclic) bond motifs is 1. The summed E-state index contributed by atoms with van der Waals surface area (Å²) in [5.41, 5.74) is 8.16. The monoisotopic (exact) mass is 649 g/mol. The molecule has 0 amide bonds. The first-order valence-corrected chi connectivity index (χ1v) is 10.2. The normalized spacial score (nSPS) is 15.8. The number of carbonyl (C=O) groups excluding carboxylic acids is 1. The maximum absolute atomic E-state index is 11.7. The zero-order valence-corrected chi connectivity index (χ0v) is 22.6. The summed E-state index contributed by atoms with van der Waals surface area (Å²) in [6.45, 7) is 2.00. The first kappa shape index (κ1) is 25.8. The molecule has 0 saturated carbocycles. The van der Waals surface area contributed by atoms with E-state index in [9.17, 15) is 4.79 Å². The molecule has 1 aliphatic heterocycles. The predicted molar refractivity (Wildman–Crippen MR) is 125 cm³/mol. The van der Waals surface area contributed by atoms with Gasteiger partial charge in [0.25, 0.3) is 0 Å². The average Bonchev–Trinajstić information content (AvgIpc) is 2.79. The molecule has 32 heavy (non-hydrogen) atoms. The average molecular weight is 650 g/mol. The minimum atomic E-state index is -0.604. The SMILES string of the molecule is CCOC(=O)C(=N)/C=C1/C=CC(C2=C(c3ccccc3)CCc3c[c-]ccc32)=C[NH2+]1.[CH3-].[U+2]. The number of hydrogen-bond acceptors (Lipinski definition) is 3. The van der Waals surface area contributed by atoms with E-state index in [-0.39, 0.29) is 50.9 Å². The fraction of sp³-hybridized carbons (Fsp3) is 0.148. The third-order valence-corrected chi connectivity index (χ3v) is 5.29. The van der Waals surface area contributed by atoms with Gasteiger partial charge in [0.2, 0.25) is 0 Å². The van der Waals surface area contributed by atoms with Crippen LogP contribution in [-0.2, 0) is 16.0 Å². The van der Waals surface area contributed by atoms with Gasteiger partial charge in [0.1, 0.15) is 17.6 Å². The van der Waals surface area contributed by atoms with Crippen molar-refractivity contribution in [2.45, 2.75) is 19.8 Å². The second-order valence-electron chi connectivity index (χ2n) is 7.20. The van der Waals surface area contributed by atoms with Crippen molar-refractivity contribution in [2.24, 2.45) is 0 Å². The van der Waals surface area contributed by atoms with Gasteiger partial charge in [0, 0.05) is 17.7 Å². The maximum atomic E-state index is 11.7. The van der Waals surface area contributed by atoms with E-state index < -0.39 is 5.97 Å². The molecule has 1 aliphatic carbocycles. The minimum absolute atomic E-state index is 0. The van der Waals surface area contributed by atoms with E-state index in [0.29, 0.717) is 0 Å². The van der Waals surface area contributed by atoms with Crippen LogP contribution in [0.5, 0.6) is 0 Å². The Bertz CT molecular complexity index is 1110. The number of aryl methyl sites for hydroxylation is 1. The van der Waals surface area contributed by atoms with Crippen molar-refractivity contribution >= 4 is 22.8 Å². The van der Waals surface area contributed by atoms with Crippen molar-refractivity contribution in [1.29, 1.82) is 5.41 Å². The van der Waals surface area contributed by atoms with E-state index in [2.05, 4.69) is 54.7 Å². The quantitative estimate of drug-likeness (QED) is 0.289. The van der Waals surface area contributed by atoms with Crippen LogP contribution in [0.2, 0.25) is 0 Å². The van der Waals surface area contributed by atoms with E-state index in [0.717, 1.165) is 24.1 Å². The Hall–Kier alpha value is -2.45. The fourth-order valence-electron chi connectivity index (χ4n) is 3.90. The van der Waals surface area contributed by atoms with Crippen LogP contribution in [-0.4, -0.2) is 18.3 Å². The predicted octanol–water partition coefficient (Wildman–Crippen LogP) is 4.28. The fourth-order valence-corrected chi connectivity index (χ4v) is 3.90. The van der Waals surface area contributed by atoms with E-state index >= 15 is 0 Å². The molecule has 2 aliphatic rings. The summed E-state index contributed by atoms with van der Waals surface area (Å²) in [6, 6.07) is 19.9. The van der Waals surface area contributed by atoms with Crippen molar-refractivity contribution < 1.29 is 46.0 Å². The van der Waals surface area contributed by atoms with Gasteiger partial charge in [-0.1, -0.05) is 36.8 Å². The van der Waals surface area contributed by atoms with Gasteiger partial charge in [-0.05, 0) is 36.1 Å². The Labute approximate surface area is 214 Å². The molecule has 0 fully saturated rings. The molecule has 0 saturated heterocycles. The van der Waals surface area contributed by atoms with Gasteiger partial charge in [-0.15, -0.1) is 11.1 Å². The van der Waals surface area contributed by atoms with Crippen LogP contribution >= 0.6 is 0 Å². The third kappa shape index (κ3) is 5.67. The van der Waals surface area contributed by atoms with E-state index in [1.807, 2.05) is 23.5 Å². The molecule has 3 N–H and O–H groups in total. The molecule has 2 aromatic carbocycles. The smallest absolute Gasteiger partial charge is 0.461 e. The van der Waals surface area contributed by atoms with E-state index in [1.165, 1.54) is 33.9 Å². The van der Waals surface area contributed by atoms with Crippen LogP contribution in [0.1, 0.15) is 30.0 Å². The molecule has 2 aromatic rings. The van der Waals surface area contributed by atoms with Gasteiger partial charge in [0.15, 0.2) is 0 Å². The molecular formula is C27H27N2O2U+. The summed E-state index contributed by atoms with van der Waals surface area (Å²) < 4.78 is 4.89. The summed E-state index contributed by atoms with van der Waals surface area (Å²) >= 11 is 0. The molecule has 1 heterocycles. The molecule has 0 atom stereocenters. The van der Waals surface area contributed by atoms with Gasteiger partial charge in [0.05, 0.1) is 6.61 Å². The number of nitrogens with two attached hydrogens (primary N) is 1. The molecule has 0 unspecified atom stereocenters. The summed E-state index contributed by atoms with van der Waals surface area (Å²) in [5.74, 6) is -0.604. The van der Waals surface area contributed by atoms with Crippen LogP contribution < -0.4 is 5.32 Å². The van der Waals surface area contributed by atoms with Gasteiger partial charge < -0.3 is 12.2 Å². The first-order valence-electron chi connectivity index (χ1n) is 10.2. The van der Waals surface area contributed by atoms with Crippen molar-refractivity contribution in [2.75, 3.05) is 6.61 Å². The Morgan fingerprint density at radius 3 is 2.66 bits per heavy atom. The number of rotatable bonds is 5. The Morgan fingerprint density at radius 1 is 1.19 bits per heavy atom. The largest absolute Gasteiger partial charge is 2.00 e. The number of esters is 1. The van der Waals surface area contributed by atoms with Gasteiger partial charge >= 0.3 is 37.1 Å². The Morgan fingerprint density at radius 2 is 1.97 bits per heavy atom. The number of benzene rings is 2. The van der Waals surface area contributed by atoms with Crippen LogP contribution in [0.3, 0.4) is 0 Å². The van der Waals surface area contributed by atoms with Gasteiger partial charge in [-0.25, -0.2) is 4.79 Å². The minimum Gasteiger partial charge on any atom is -0.461 e. The van der Waals surface area contributed by atoms with Crippen LogP contribution in [0.4, 0.5) is 0 Å². The number of nitrogens with one attached hydrogen (secondary N) is 1. The van der Waals surface area contributed by atoms with Crippen LogP contribution in [0.15, 0.2) is 84.2 Å². The molecule has 4 nitrogen and oxygen atoms in total. The Balaban J connectivity index is 0.00000181. The van der Waals surface area contributed by atoms with E-state index in [4.69, 9.17) is 10.1 Å². The molecule has 0 bridgehead atoms. The van der Waals surface area contributed by atoms with Crippen LogP contribution in [0.25, 0.3) is 11.1 Å². The molecule has 0 spiro atoms. The van der Waals surface area contributed by atoms with Gasteiger partial charge in [-0.3, -0.25) is 10.7 Å². The molecular weight excluding hydrogens is 622 g/mol. The van der Waals surface area contributed by atoms with Gasteiger partial charge in [-0.2, -0.15) is 24.3 Å². The van der Waals surface area contributed by atoms with Crippen molar-refractivity contribution in [3.63, 3.8) is 0 Å². The zero-order valence-electron chi connectivity index (χ0n) is 18.4. The summed E-state index contributed by atoms with van der Waals surface area (Å²) in [6.07, 6.45) is 9.59. The summed E-state index contributed by atoms with van der Waals surface area (Å²) in [7, 11) is 0. The third-order valence-electron chi connectivity index (χ3n) is 5.29. The van der Waals surface area contributed by atoms with E-state index in [1.54, 1.807) is 6.92 Å².